The smallest absolute Gasteiger partial charge is 0.407 e. The topological polar surface area (TPSA) is 88.1 Å². The molecule has 0 aliphatic carbocycles. The highest BCUT2D eigenvalue weighted by Gasteiger charge is 2.31. The number of esters is 2. The second-order valence-electron chi connectivity index (χ2n) is 3.78. The van der Waals surface area contributed by atoms with Crippen molar-refractivity contribution in [3.63, 3.8) is 0 Å². The summed E-state index contributed by atoms with van der Waals surface area (Å²) in [5.74, 6) is -2.30. The first-order valence-corrected chi connectivity index (χ1v) is 7.20. The number of carbonyl (C=O) groups excluding carboxylic acids is 3. The number of halogens is 3. The Bertz CT molecular complexity index is 618. The summed E-state index contributed by atoms with van der Waals surface area (Å²) in [6.45, 7) is 1.48. The number of hydrogen-bond acceptors (Lipinski definition) is 7. The quantitative estimate of drug-likeness (QED) is 0.421. The van der Waals surface area contributed by atoms with Crippen LogP contribution >= 0.6 is 34.8 Å². The van der Waals surface area contributed by atoms with Crippen molar-refractivity contribution in [2.75, 3.05) is 13.7 Å². The van der Waals surface area contributed by atoms with E-state index in [0.29, 0.717) is 0 Å². The molecule has 0 bridgehead atoms. The SMILES string of the molecule is CCOC(=O)C(OC(=O)Cl)OC(=O)c1c(Cl)ccc(Cl)c1OC. The van der Waals surface area contributed by atoms with E-state index in [9.17, 15) is 14.4 Å². The van der Waals surface area contributed by atoms with Gasteiger partial charge in [-0.2, -0.15) is 0 Å². The summed E-state index contributed by atoms with van der Waals surface area (Å²) >= 11 is 16.8. The Hall–Kier alpha value is -1.70. The fraction of sp³-hybridized carbons (Fsp3) is 0.308. The molecule has 0 amide bonds. The molecule has 23 heavy (non-hydrogen) atoms. The van der Waals surface area contributed by atoms with Gasteiger partial charge in [-0.05, 0) is 19.1 Å². The van der Waals surface area contributed by atoms with Gasteiger partial charge < -0.3 is 18.9 Å². The lowest BCUT2D eigenvalue weighted by Gasteiger charge is -2.17. The normalized spacial score (nSPS) is 11.3. The van der Waals surface area contributed by atoms with Gasteiger partial charge in [-0.25, -0.2) is 14.4 Å². The van der Waals surface area contributed by atoms with E-state index in [-0.39, 0.29) is 28.0 Å². The van der Waals surface area contributed by atoms with Crippen LogP contribution in [0.5, 0.6) is 5.75 Å². The molecule has 0 N–H and O–H groups in total. The number of methoxy groups -OCH3 is 1. The number of ether oxygens (including phenoxy) is 4. The molecule has 0 aliphatic heterocycles. The van der Waals surface area contributed by atoms with Crippen molar-refractivity contribution in [3.8, 4) is 5.75 Å². The first-order chi connectivity index (χ1) is 10.8. The number of benzene rings is 1. The fourth-order valence-corrected chi connectivity index (χ4v) is 2.04. The summed E-state index contributed by atoms with van der Waals surface area (Å²) in [6.07, 6.45) is -1.99. The van der Waals surface area contributed by atoms with Crippen LogP contribution in [0.1, 0.15) is 17.3 Å². The van der Waals surface area contributed by atoms with Gasteiger partial charge >= 0.3 is 23.7 Å². The van der Waals surface area contributed by atoms with Gasteiger partial charge in [0.25, 0.3) is 0 Å². The minimum Gasteiger partial charge on any atom is -0.494 e. The summed E-state index contributed by atoms with van der Waals surface area (Å²) in [4.78, 5) is 34.6. The largest absolute Gasteiger partial charge is 0.494 e. The van der Waals surface area contributed by atoms with Crippen molar-refractivity contribution in [2.24, 2.45) is 0 Å². The van der Waals surface area contributed by atoms with E-state index in [2.05, 4.69) is 9.47 Å². The average molecular weight is 386 g/mol. The molecule has 1 unspecified atom stereocenters. The lowest BCUT2D eigenvalue weighted by Crippen LogP contribution is -2.33. The standard InChI is InChI=1S/C13H11Cl3O7/c1-3-21-11(18)12(23-13(16)19)22-10(17)8-6(14)4-5-7(15)9(8)20-2/h4-5,12H,3H2,1-2H3. The summed E-state index contributed by atoms with van der Waals surface area (Å²) in [7, 11) is 1.26. The minimum absolute atomic E-state index is 0.0338. The van der Waals surface area contributed by atoms with E-state index in [1.807, 2.05) is 0 Å². The monoisotopic (exact) mass is 384 g/mol. The van der Waals surface area contributed by atoms with Crippen molar-refractivity contribution >= 4 is 52.2 Å². The van der Waals surface area contributed by atoms with E-state index in [4.69, 9.17) is 44.3 Å². The maximum Gasteiger partial charge on any atom is 0.407 e. The van der Waals surface area contributed by atoms with E-state index in [0.717, 1.165) is 0 Å². The van der Waals surface area contributed by atoms with Crippen LogP contribution in [-0.4, -0.2) is 37.4 Å². The first kappa shape index (κ1) is 19.3. The van der Waals surface area contributed by atoms with Gasteiger partial charge in [-0.15, -0.1) is 0 Å². The van der Waals surface area contributed by atoms with Gasteiger partial charge in [-0.3, -0.25) is 0 Å². The van der Waals surface area contributed by atoms with Crippen LogP contribution < -0.4 is 4.74 Å². The lowest BCUT2D eigenvalue weighted by molar-refractivity contribution is -0.172. The minimum atomic E-state index is -1.99. The molecule has 7 nitrogen and oxygen atoms in total. The van der Waals surface area contributed by atoms with Crippen LogP contribution in [-0.2, 0) is 19.0 Å². The van der Waals surface area contributed by atoms with Gasteiger partial charge in [0, 0.05) is 11.6 Å². The zero-order valence-electron chi connectivity index (χ0n) is 11.9. The summed E-state index contributed by atoms with van der Waals surface area (Å²) < 4.78 is 18.8. The predicted molar refractivity (Wildman–Crippen MR) is 81.2 cm³/mol. The van der Waals surface area contributed by atoms with Gasteiger partial charge in [0.05, 0.1) is 23.8 Å². The molecular weight excluding hydrogens is 374 g/mol. The third-order valence-electron chi connectivity index (χ3n) is 2.36. The highest BCUT2D eigenvalue weighted by molar-refractivity contribution is 6.61. The second-order valence-corrected chi connectivity index (χ2v) is 4.91. The molecule has 0 spiro atoms. The number of carbonyl (C=O) groups is 3. The average Bonchev–Trinajstić information content (AvgIpc) is 2.48. The van der Waals surface area contributed by atoms with Crippen LogP contribution in [0.2, 0.25) is 10.0 Å². The Morgan fingerprint density at radius 3 is 2.26 bits per heavy atom. The third kappa shape index (κ3) is 5.16. The third-order valence-corrected chi connectivity index (χ3v) is 3.06. The molecule has 0 radical (unpaired) electrons. The van der Waals surface area contributed by atoms with E-state index in [1.165, 1.54) is 26.2 Å². The molecule has 126 valence electrons. The number of rotatable bonds is 6. The van der Waals surface area contributed by atoms with Crippen LogP contribution in [0.15, 0.2) is 12.1 Å². The molecule has 0 saturated heterocycles. The Labute approximate surface area is 146 Å². The Morgan fingerprint density at radius 2 is 1.74 bits per heavy atom. The molecule has 0 heterocycles. The van der Waals surface area contributed by atoms with Crippen LogP contribution in [0.25, 0.3) is 0 Å². The van der Waals surface area contributed by atoms with Crippen molar-refractivity contribution in [2.45, 2.75) is 13.2 Å². The summed E-state index contributed by atoms with van der Waals surface area (Å²) in [6, 6.07) is 2.73. The lowest BCUT2D eigenvalue weighted by atomic mass is 10.2. The number of hydrogen-bond donors (Lipinski definition) is 0. The highest BCUT2D eigenvalue weighted by atomic mass is 35.5. The molecule has 0 saturated carbocycles. The maximum absolute atomic E-state index is 12.2. The maximum atomic E-state index is 12.2. The Kier molecular flexibility index (Phi) is 7.41. The molecule has 0 aliphatic rings. The molecule has 1 aromatic carbocycles. The van der Waals surface area contributed by atoms with Crippen LogP contribution in [0.3, 0.4) is 0 Å². The Balaban J connectivity index is 3.10. The van der Waals surface area contributed by atoms with E-state index < -0.39 is 23.7 Å². The van der Waals surface area contributed by atoms with Crippen molar-refractivity contribution < 1.29 is 33.3 Å². The van der Waals surface area contributed by atoms with Crippen LogP contribution in [0.4, 0.5) is 4.79 Å². The molecule has 0 aromatic heterocycles. The van der Waals surface area contributed by atoms with Gasteiger partial charge in [0.15, 0.2) is 5.75 Å². The van der Waals surface area contributed by atoms with Gasteiger partial charge in [0.2, 0.25) is 0 Å². The summed E-state index contributed by atoms with van der Waals surface area (Å²) in [5.41, 5.74) is -1.61. The van der Waals surface area contributed by atoms with Gasteiger partial charge in [-0.1, -0.05) is 23.2 Å². The van der Waals surface area contributed by atoms with Crippen molar-refractivity contribution in [3.05, 3.63) is 27.7 Å². The molecule has 1 aromatic rings. The second kappa shape index (κ2) is 8.81. The van der Waals surface area contributed by atoms with E-state index >= 15 is 0 Å². The zero-order valence-corrected chi connectivity index (χ0v) is 14.2. The molecule has 0 fully saturated rings. The zero-order chi connectivity index (χ0) is 17.6. The first-order valence-electron chi connectivity index (χ1n) is 6.07. The highest BCUT2D eigenvalue weighted by Crippen LogP contribution is 2.34. The predicted octanol–water partition coefficient (Wildman–Crippen LogP) is 3.42. The molecule has 10 heteroatoms. The molecule has 1 rings (SSSR count). The summed E-state index contributed by atoms with van der Waals surface area (Å²) in [5, 5.41) is 0.0435. The van der Waals surface area contributed by atoms with E-state index in [1.54, 1.807) is 0 Å². The van der Waals surface area contributed by atoms with Crippen molar-refractivity contribution in [1.82, 2.24) is 0 Å². The Morgan fingerprint density at radius 1 is 1.13 bits per heavy atom. The van der Waals surface area contributed by atoms with Crippen molar-refractivity contribution in [1.29, 1.82) is 0 Å². The van der Waals surface area contributed by atoms with Gasteiger partial charge in [0.1, 0.15) is 5.56 Å². The molecule has 1 atom stereocenters. The van der Waals surface area contributed by atoms with Crippen LogP contribution in [0, 0.1) is 0 Å². The molecular formula is C13H11Cl3O7. The fourth-order valence-electron chi connectivity index (χ4n) is 1.49.